The third kappa shape index (κ3) is 13.5. The maximum Gasteiger partial charge on any atom is 0.409 e. The monoisotopic (exact) mass is 736 g/mol. The SMILES string of the molecule is CC[C@H](C)[C@H](NC(=O)[C@H](Cc1ccccc1)NCC[C@@](O)(Cc1ccccc1)NC(=O)OCc1ccccc1)C(=O)N[C@@H](Cc1ccccc1)C(=O)OC. The number of alkyl carbamates (subject to hydrolysis) is 1. The van der Waals surface area contributed by atoms with E-state index < -0.39 is 47.7 Å². The smallest absolute Gasteiger partial charge is 0.409 e. The molecule has 0 aliphatic rings. The van der Waals surface area contributed by atoms with Crippen molar-refractivity contribution in [2.24, 2.45) is 5.92 Å². The molecule has 0 aliphatic carbocycles. The minimum absolute atomic E-state index is 0.0243. The van der Waals surface area contributed by atoms with Gasteiger partial charge in [-0.15, -0.1) is 0 Å². The van der Waals surface area contributed by atoms with Crippen molar-refractivity contribution in [3.05, 3.63) is 144 Å². The molecule has 4 aromatic rings. The van der Waals surface area contributed by atoms with Gasteiger partial charge in [0.05, 0.1) is 13.2 Å². The molecule has 286 valence electrons. The number of methoxy groups -OCH3 is 1. The van der Waals surface area contributed by atoms with Gasteiger partial charge in [0.15, 0.2) is 0 Å². The molecular formula is C43H52N4O7. The van der Waals surface area contributed by atoms with Crippen LogP contribution in [-0.2, 0) is 49.7 Å². The number of carbonyl (C=O) groups excluding carboxylic acids is 4. The third-order valence-electron chi connectivity index (χ3n) is 9.29. The molecule has 0 bridgehead atoms. The van der Waals surface area contributed by atoms with Crippen molar-refractivity contribution in [1.29, 1.82) is 0 Å². The van der Waals surface area contributed by atoms with Gasteiger partial charge >= 0.3 is 12.1 Å². The van der Waals surface area contributed by atoms with Crippen molar-refractivity contribution in [2.75, 3.05) is 13.7 Å². The van der Waals surface area contributed by atoms with Gasteiger partial charge in [0.25, 0.3) is 0 Å². The van der Waals surface area contributed by atoms with Crippen LogP contribution in [0.1, 0.15) is 48.9 Å². The molecule has 0 heterocycles. The third-order valence-corrected chi connectivity index (χ3v) is 9.29. The van der Waals surface area contributed by atoms with Crippen LogP contribution < -0.4 is 21.3 Å². The average Bonchev–Trinajstić information content (AvgIpc) is 3.19. The van der Waals surface area contributed by atoms with E-state index in [0.717, 1.165) is 22.3 Å². The van der Waals surface area contributed by atoms with Gasteiger partial charge in [-0.3, -0.25) is 14.9 Å². The molecule has 0 aliphatic heterocycles. The highest BCUT2D eigenvalue weighted by Gasteiger charge is 2.34. The van der Waals surface area contributed by atoms with Crippen LogP contribution in [0, 0.1) is 5.92 Å². The summed E-state index contributed by atoms with van der Waals surface area (Å²) in [5, 5.41) is 23.5. The van der Waals surface area contributed by atoms with Gasteiger partial charge in [0.1, 0.15) is 24.4 Å². The summed E-state index contributed by atoms with van der Waals surface area (Å²) in [7, 11) is 1.27. The fourth-order valence-electron chi connectivity index (χ4n) is 6.04. The molecule has 3 amide bonds. The predicted molar refractivity (Wildman–Crippen MR) is 207 cm³/mol. The van der Waals surface area contributed by atoms with E-state index in [1.165, 1.54) is 7.11 Å². The van der Waals surface area contributed by atoms with Gasteiger partial charge in [-0.2, -0.15) is 0 Å². The Bertz CT molecular complexity index is 1750. The first-order valence-corrected chi connectivity index (χ1v) is 18.3. The standard InChI is InChI=1S/C43H52N4O7/c1-4-31(2)38(40(49)45-37(41(50)53-3)28-33-19-11-6-12-20-33)46-39(48)36(27-32-17-9-5-10-18-32)44-26-25-43(52,29-34-21-13-7-14-22-34)47-42(51)54-30-35-23-15-8-16-24-35/h5-24,31,36-38,44,52H,4,25-30H2,1-3H3,(H,45,49)(H,46,48)(H,47,51)/t31-,36-,37-,38-,43+/m0/s1. The first kappa shape index (κ1) is 41.2. The number of ether oxygens (including phenoxy) is 2. The van der Waals surface area contributed by atoms with E-state index in [-0.39, 0.29) is 44.8 Å². The van der Waals surface area contributed by atoms with Gasteiger partial charge < -0.3 is 30.5 Å². The number of carbonyl (C=O) groups is 4. The van der Waals surface area contributed by atoms with Gasteiger partial charge in [-0.05, 0) is 34.6 Å². The molecular weight excluding hydrogens is 684 g/mol. The molecule has 11 heteroatoms. The van der Waals surface area contributed by atoms with Gasteiger partial charge in [0.2, 0.25) is 11.8 Å². The molecule has 54 heavy (non-hydrogen) atoms. The zero-order valence-corrected chi connectivity index (χ0v) is 31.2. The van der Waals surface area contributed by atoms with Gasteiger partial charge in [0, 0.05) is 25.8 Å². The number of benzene rings is 4. The maximum absolute atomic E-state index is 14.1. The molecule has 11 nitrogen and oxygen atoms in total. The highest BCUT2D eigenvalue weighted by atomic mass is 16.6. The van der Waals surface area contributed by atoms with E-state index in [4.69, 9.17) is 9.47 Å². The first-order valence-electron chi connectivity index (χ1n) is 18.3. The summed E-state index contributed by atoms with van der Waals surface area (Å²) in [4.78, 5) is 53.6. The van der Waals surface area contributed by atoms with Crippen LogP contribution in [0.25, 0.3) is 0 Å². The summed E-state index contributed by atoms with van der Waals surface area (Å²) in [6.07, 6.45) is 0.413. The number of nitrogens with one attached hydrogen (secondary N) is 4. The van der Waals surface area contributed by atoms with Gasteiger partial charge in [-0.25, -0.2) is 9.59 Å². The molecule has 0 aromatic heterocycles. The number of amides is 3. The molecule has 4 rings (SSSR count). The summed E-state index contributed by atoms with van der Waals surface area (Å²) in [5.41, 5.74) is 1.59. The maximum atomic E-state index is 14.1. The van der Waals surface area contributed by atoms with E-state index in [1.807, 2.05) is 135 Å². The van der Waals surface area contributed by atoms with Crippen LogP contribution in [0.4, 0.5) is 4.79 Å². The van der Waals surface area contributed by atoms with Crippen LogP contribution in [0.5, 0.6) is 0 Å². The zero-order valence-electron chi connectivity index (χ0n) is 31.2. The second-order valence-electron chi connectivity index (χ2n) is 13.5. The Morgan fingerprint density at radius 2 is 1.19 bits per heavy atom. The molecule has 0 saturated heterocycles. The highest BCUT2D eigenvalue weighted by Crippen LogP contribution is 2.17. The average molecular weight is 737 g/mol. The number of esters is 1. The van der Waals surface area contributed by atoms with Crippen molar-refractivity contribution in [3.8, 4) is 0 Å². The minimum Gasteiger partial charge on any atom is -0.467 e. The first-order chi connectivity index (χ1) is 26.1. The van der Waals surface area contributed by atoms with Crippen LogP contribution in [-0.4, -0.2) is 66.5 Å². The van der Waals surface area contributed by atoms with Crippen molar-refractivity contribution < 1.29 is 33.8 Å². The summed E-state index contributed by atoms with van der Waals surface area (Å²) < 4.78 is 10.4. The summed E-state index contributed by atoms with van der Waals surface area (Å²) in [5.74, 6) is -1.80. The van der Waals surface area contributed by atoms with Crippen LogP contribution in [0.2, 0.25) is 0 Å². The molecule has 0 unspecified atom stereocenters. The normalized spacial score (nSPS) is 14.3. The zero-order chi connectivity index (χ0) is 38.8. The van der Waals surface area contributed by atoms with E-state index in [2.05, 4.69) is 21.3 Å². The Morgan fingerprint density at radius 3 is 1.70 bits per heavy atom. The molecule has 5 N–H and O–H groups in total. The van der Waals surface area contributed by atoms with Gasteiger partial charge in [-0.1, -0.05) is 142 Å². The lowest BCUT2D eigenvalue weighted by atomic mass is 9.96. The number of hydrogen-bond acceptors (Lipinski definition) is 8. The molecule has 0 saturated carbocycles. The fraction of sp³-hybridized carbons (Fsp3) is 0.349. The molecule has 0 fully saturated rings. The fourth-order valence-corrected chi connectivity index (χ4v) is 6.04. The Morgan fingerprint density at radius 1 is 0.685 bits per heavy atom. The van der Waals surface area contributed by atoms with Crippen molar-refractivity contribution in [3.63, 3.8) is 0 Å². The molecule has 0 radical (unpaired) electrons. The summed E-state index contributed by atoms with van der Waals surface area (Å²) in [6.45, 7) is 3.93. The molecule has 0 spiro atoms. The lowest BCUT2D eigenvalue weighted by molar-refractivity contribution is -0.145. The quantitative estimate of drug-likeness (QED) is 0.0637. The van der Waals surface area contributed by atoms with Crippen molar-refractivity contribution in [2.45, 2.75) is 76.4 Å². The summed E-state index contributed by atoms with van der Waals surface area (Å²) >= 11 is 0. The predicted octanol–water partition coefficient (Wildman–Crippen LogP) is 4.87. The van der Waals surface area contributed by atoms with E-state index in [0.29, 0.717) is 6.42 Å². The molecule has 5 atom stereocenters. The number of rotatable bonds is 20. The van der Waals surface area contributed by atoms with Crippen molar-refractivity contribution in [1.82, 2.24) is 21.3 Å². The second-order valence-corrected chi connectivity index (χ2v) is 13.5. The minimum atomic E-state index is -1.73. The summed E-state index contributed by atoms with van der Waals surface area (Å²) in [6, 6.07) is 34.5. The van der Waals surface area contributed by atoms with E-state index >= 15 is 0 Å². The molecule has 4 aromatic carbocycles. The van der Waals surface area contributed by atoms with Crippen LogP contribution in [0.15, 0.2) is 121 Å². The van der Waals surface area contributed by atoms with Crippen LogP contribution >= 0.6 is 0 Å². The lowest BCUT2D eigenvalue weighted by Crippen LogP contribution is -2.58. The Balaban J connectivity index is 1.49. The van der Waals surface area contributed by atoms with E-state index in [9.17, 15) is 24.3 Å². The number of hydrogen-bond donors (Lipinski definition) is 5. The Kier molecular flexibility index (Phi) is 16.2. The lowest BCUT2D eigenvalue weighted by Gasteiger charge is -2.31. The largest absolute Gasteiger partial charge is 0.467 e. The highest BCUT2D eigenvalue weighted by molar-refractivity contribution is 5.92. The van der Waals surface area contributed by atoms with E-state index in [1.54, 1.807) is 0 Å². The topological polar surface area (TPSA) is 155 Å². The second kappa shape index (κ2) is 21.2. The Hall–Kier alpha value is -5.52. The van der Waals surface area contributed by atoms with Crippen LogP contribution in [0.3, 0.4) is 0 Å². The van der Waals surface area contributed by atoms with Crippen molar-refractivity contribution >= 4 is 23.9 Å². The number of aliphatic hydroxyl groups is 1. The Labute approximate surface area is 317 Å².